The maximum absolute atomic E-state index is 13.6. The zero-order valence-electron chi connectivity index (χ0n) is 11.0. The molecule has 0 fully saturated rings. The molecule has 0 aromatic heterocycles. The van der Waals surface area contributed by atoms with E-state index >= 15 is 0 Å². The molecule has 0 saturated carbocycles. The molecule has 0 bridgehead atoms. The molecule has 0 aliphatic carbocycles. The van der Waals surface area contributed by atoms with Crippen molar-refractivity contribution in [1.29, 1.82) is 0 Å². The lowest BCUT2D eigenvalue weighted by molar-refractivity contribution is -0.113. The number of hydrogen-bond donors (Lipinski definition) is 2. The van der Waals surface area contributed by atoms with Crippen molar-refractivity contribution >= 4 is 40.6 Å². The molecule has 108 valence electrons. The zero-order valence-corrected chi connectivity index (χ0v) is 12.5. The summed E-state index contributed by atoms with van der Waals surface area (Å²) in [5, 5.41) is 6.46. The van der Waals surface area contributed by atoms with Crippen LogP contribution in [-0.4, -0.2) is 11.7 Å². The largest absolute Gasteiger partial charge is 0.381 e. The van der Waals surface area contributed by atoms with Gasteiger partial charge in [0.25, 0.3) is 0 Å². The maximum Gasteiger partial charge on any atom is 0.234 e. The minimum atomic E-state index is -0.297. The van der Waals surface area contributed by atoms with Crippen LogP contribution >= 0.6 is 23.4 Å². The fourth-order valence-corrected chi connectivity index (χ4v) is 3.05. The molecule has 2 N–H and O–H groups in total. The van der Waals surface area contributed by atoms with E-state index in [-0.39, 0.29) is 11.7 Å². The predicted octanol–water partition coefficient (Wildman–Crippen LogP) is 4.14. The van der Waals surface area contributed by atoms with Gasteiger partial charge in [-0.2, -0.15) is 0 Å². The molecule has 2 aromatic rings. The molecule has 0 spiro atoms. The number of carbonyl (C=O) groups is 1. The van der Waals surface area contributed by atoms with Gasteiger partial charge in [-0.15, -0.1) is 11.8 Å². The molecule has 0 atom stereocenters. The number of nitrogens with one attached hydrogen (secondary N) is 2. The van der Waals surface area contributed by atoms with Gasteiger partial charge in [-0.25, -0.2) is 4.39 Å². The van der Waals surface area contributed by atoms with Crippen LogP contribution in [0.4, 0.5) is 15.8 Å². The summed E-state index contributed by atoms with van der Waals surface area (Å²) < 4.78 is 13.6. The van der Waals surface area contributed by atoms with Crippen LogP contribution in [0.3, 0.4) is 0 Å². The second-order valence-electron chi connectivity index (χ2n) is 4.64. The molecular weight excluding hydrogens is 311 g/mol. The number of benzene rings is 2. The maximum atomic E-state index is 13.6. The van der Waals surface area contributed by atoms with Gasteiger partial charge < -0.3 is 10.6 Å². The van der Waals surface area contributed by atoms with Crippen molar-refractivity contribution in [3.63, 3.8) is 0 Å². The highest BCUT2D eigenvalue weighted by Crippen LogP contribution is 2.33. The highest BCUT2D eigenvalue weighted by Gasteiger charge is 2.15. The topological polar surface area (TPSA) is 41.1 Å². The Morgan fingerprint density at radius 2 is 2.14 bits per heavy atom. The minimum absolute atomic E-state index is 0.00876. The Morgan fingerprint density at radius 1 is 1.29 bits per heavy atom. The molecule has 1 amide bonds. The summed E-state index contributed by atoms with van der Waals surface area (Å²) in [6, 6.07) is 10.2. The van der Waals surface area contributed by atoms with Crippen LogP contribution in [-0.2, 0) is 11.3 Å². The van der Waals surface area contributed by atoms with Crippen molar-refractivity contribution in [2.75, 3.05) is 16.4 Å². The normalized spacial score (nSPS) is 13.5. The summed E-state index contributed by atoms with van der Waals surface area (Å²) in [6.45, 7) is 0.326. The highest BCUT2D eigenvalue weighted by atomic mass is 35.5. The zero-order chi connectivity index (χ0) is 14.8. The first kappa shape index (κ1) is 14.2. The van der Waals surface area contributed by atoms with Crippen LogP contribution in [0, 0.1) is 5.82 Å². The standard InChI is InChI=1S/C15H12ClFN2OS/c16-10-1-3-12(17)9(5-10)7-18-11-2-4-14-13(6-11)19-15(20)8-21-14/h1-6,18H,7-8H2,(H,19,20). The lowest BCUT2D eigenvalue weighted by atomic mass is 10.2. The van der Waals surface area contributed by atoms with Crippen molar-refractivity contribution in [2.45, 2.75) is 11.4 Å². The van der Waals surface area contributed by atoms with Crippen molar-refractivity contribution in [3.8, 4) is 0 Å². The van der Waals surface area contributed by atoms with Crippen LogP contribution in [0.1, 0.15) is 5.56 Å². The van der Waals surface area contributed by atoms with Gasteiger partial charge in [0.1, 0.15) is 5.82 Å². The first-order valence-corrected chi connectivity index (χ1v) is 7.73. The molecule has 3 rings (SSSR count). The fourth-order valence-electron chi connectivity index (χ4n) is 2.07. The first-order valence-electron chi connectivity index (χ1n) is 6.36. The summed E-state index contributed by atoms with van der Waals surface area (Å²) >= 11 is 7.37. The van der Waals surface area contributed by atoms with Crippen molar-refractivity contribution in [1.82, 2.24) is 0 Å². The highest BCUT2D eigenvalue weighted by molar-refractivity contribution is 8.00. The summed E-state index contributed by atoms with van der Waals surface area (Å²) in [6.07, 6.45) is 0. The summed E-state index contributed by atoms with van der Waals surface area (Å²) in [4.78, 5) is 12.4. The molecule has 1 aliphatic heterocycles. The molecule has 0 saturated heterocycles. The SMILES string of the molecule is O=C1CSc2ccc(NCc3cc(Cl)ccc3F)cc2N1. The van der Waals surface area contributed by atoms with E-state index in [9.17, 15) is 9.18 Å². The molecule has 1 heterocycles. The Morgan fingerprint density at radius 3 is 3.00 bits per heavy atom. The molecule has 2 aromatic carbocycles. The summed E-state index contributed by atoms with van der Waals surface area (Å²) in [7, 11) is 0. The average Bonchev–Trinajstić information content (AvgIpc) is 2.47. The number of anilines is 2. The second kappa shape index (κ2) is 5.95. The molecule has 6 heteroatoms. The van der Waals surface area contributed by atoms with Gasteiger partial charge >= 0.3 is 0 Å². The minimum Gasteiger partial charge on any atom is -0.381 e. The van der Waals surface area contributed by atoms with Gasteiger partial charge in [-0.05, 0) is 36.4 Å². The van der Waals surface area contributed by atoms with Crippen LogP contribution < -0.4 is 10.6 Å². The molecule has 0 unspecified atom stereocenters. The van der Waals surface area contributed by atoms with Gasteiger partial charge in [-0.1, -0.05) is 11.6 Å². The van der Waals surface area contributed by atoms with E-state index in [0.29, 0.717) is 22.9 Å². The Kier molecular flexibility index (Phi) is 4.03. The van der Waals surface area contributed by atoms with Gasteiger partial charge in [0, 0.05) is 27.7 Å². The number of halogens is 2. The summed E-state index contributed by atoms with van der Waals surface area (Å²) in [5.74, 6) is 0.132. The average molecular weight is 323 g/mol. The van der Waals surface area contributed by atoms with E-state index in [1.54, 1.807) is 6.07 Å². The molecular formula is C15H12ClFN2OS. The lowest BCUT2D eigenvalue weighted by Gasteiger charge is -2.17. The Bertz CT molecular complexity index is 708. The van der Waals surface area contributed by atoms with Crippen LogP contribution in [0.25, 0.3) is 0 Å². The van der Waals surface area contributed by atoms with E-state index in [4.69, 9.17) is 11.6 Å². The quantitative estimate of drug-likeness (QED) is 0.892. The van der Waals surface area contributed by atoms with Gasteiger partial charge in [0.05, 0.1) is 11.4 Å². The van der Waals surface area contributed by atoms with E-state index < -0.39 is 0 Å². The third-order valence-electron chi connectivity index (χ3n) is 3.10. The number of amides is 1. The smallest absolute Gasteiger partial charge is 0.234 e. The fraction of sp³-hybridized carbons (Fsp3) is 0.133. The third kappa shape index (κ3) is 3.31. The monoisotopic (exact) mass is 322 g/mol. The van der Waals surface area contributed by atoms with Gasteiger partial charge in [0.15, 0.2) is 0 Å². The van der Waals surface area contributed by atoms with Gasteiger partial charge in [0.2, 0.25) is 5.91 Å². The number of carbonyl (C=O) groups excluding carboxylic acids is 1. The van der Waals surface area contributed by atoms with E-state index in [1.807, 2.05) is 18.2 Å². The third-order valence-corrected chi connectivity index (χ3v) is 4.41. The van der Waals surface area contributed by atoms with Crippen LogP contribution in [0.2, 0.25) is 5.02 Å². The van der Waals surface area contributed by atoms with Crippen molar-refractivity contribution in [2.24, 2.45) is 0 Å². The van der Waals surface area contributed by atoms with Crippen LogP contribution in [0.15, 0.2) is 41.3 Å². The Balaban J connectivity index is 1.75. The number of fused-ring (bicyclic) bond motifs is 1. The van der Waals surface area contributed by atoms with Crippen molar-refractivity contribution in [3.05, 3.63) is 52.8 Å². The Hall–Kier alpha value is -1.72. The molecule has 3 nitrogen and oxygen atoms in total. The Labute approximate surface area is 130 Å². The lowest BCUT2D eigenvalue weighted by Crippen LogP contribution is -2.18. The van der Waals surface area contributed by atoms with E-state index in [1.165, 1.54) is 23.9 Å². The summed E-state index contributed by atoms with van der Waals surface area (Å²) in [5.41, 5.74) is 2.10. The van der Waals surface area contributed by atoms with E-state index in [0.717, 1.165) is 16.3 Å². The predicted molar refractivity (Wildman–Crippen MR) is 84.5 cm³/mol. The number of rotatable bonds is 3. The van der Waals surface area contributed by atoms with Crippen molar-refractivity contribution < 1.29 is 9.18 Å². The second-order valence-corrected chi connectivity index (χ2v) is 6.09. The number of thioether (sulfide) groups is 1. The van der Waals surface area contributed by atoms with Gasteiger partial charge in [-0.3, -0.25) is 4.79 Å². The number of hydrogen-bond acceptors (Lipinski definition) is 3. The van der Waals surface area contributed by atoms with E-state index in [2.05, 4.69) is 10.6 Å². The molecule has 21 heavy (non-hydrogen) atoms. The molecule has 0 radical (unpaired) electrons. The first-order chi connectivity index (χ1) is 10.1. The molecule has 1 aliphatic rings. The van der Waals surface area contributed by atoms with Crippen LogP contribution in [0.5, 0.6) is 0 Å².